The Morgan fingerprint density at radius 1 is 1.50 bits per heavy atom. The third-order valence-electron chi connectivity index (χ3n) is 2.59. The molecule has 0 saturated heterocycles. The van der Waals surface area contributed by atoms with Gasteiger partial charge in [-0.05, 0) is 19.1 Å². The van der Waals surface area contributed by atoms with Crippen LogP contribution in [0.25, 0.3) is 0 Å². The van der Waals surface area contributed by atoms with E-state index >= 15 is 0 Å². The minimum atomic E-state index is 0.606. The maximum Gasteiger partial charge on any atom is 0.246 e. The van der Waals surface area contributed by atoms with Crippen molar-refractivity contribution < 1.29 is 9.26 Å². The normalized spacial score (nSPS) is 11.0. The Morgan fingerprint density at radius 2 is 2.39 bits per heavy atom. The highest BCUT2D eigenvalue weighted by molar-refractivity contribution is 5.08. The fourth-order valence-electron chi connectivity index (χ4n) is 1.70. The molecule has 6 heteroatoms. The van der Waals surface area contributed by atoms with E-state index in [-0.39, 0.29) is 0 Å². The largest absolute Gasteiger partial charge is 0.383 e. The van der Waals surface area contributed by atoms with Gasteiger partial charge < -0.3 is 19.1 Å². The lowest BCUT2D eigenvalue weighted by atomic mass is 10.4. The predicted octanol–water partition coefficient (Wildman–Crippen LogP) is 0.964. The molecule has 0 spiro atoms. The number of aryl methyl sites for hydroxylation is 1. The van der Waals surface area contributed by atoms with E-state index in [0.717, 1.165) is 13.1 Å². The zero-order valence-corrected chi connectivity index (χ0v) is 10.7. The van der Waals surface area contributed by atoms with Crippen LogP contribution in [0.5, 0.6) is 0 Å². The molecule has 18 heavy (non-hydrogen) atoms. The van der Waals surface area contributed by atoms with Crippen LogP contribution >= 0.6 is 0 Å². The molecule has 2 rings (SSSR count). The quantitative estimate of drug-likeness (QED) is 0.742. The van der Waals surface area contributed by atoms with Crippen molar-refractivity contribution in [1.82, 2.24) is 20.0 Å². The molecule has 0 atom stereocenters. The minimum Gasteiger partial charge on any atom is -0.383 e. The summed E-state index contributed by atoms with van der Waals surface area (Å²) < 4.78 is 12.2. The molecule has 0 aliphatic rings. The molecule has 0 aromatic carbocycles. The van der Waals surface area contributed by atoms with Gasteiger partial charge in [-0.15, -0.1) is 0 Å². The monoisotopic (exact) mass is 250 g/mol. The summed E-state index contributed by atoms with van der Waals surface area (Å²) in [6.07, 6.45) is 2.01. The highest BCUT2D eigenvalue weighted by atomic mass is 16.5. The van der Waals surface area contributed by atoms with E-state index in [1.807, 2.05) is 19.2 Å². The number of aromatic nitrogens is 3. The van der Waals surface area contributed by atoms with Crippen molar-refractivity contribution in [3.63, 3.8) is 0 Å². The average Bonchev–Trinajstić information content (AvgIpc) is 2.95. The fraction of sp³-hybridized carbons (Fsp3) is 0.500. The smallest absolute Gasteiger partial charge is 0.246 e. The zero-order chi connectivity index (χ0) is 12.8. The topological polar surface area (TPSA) is 65.1 Å². The first-order valence-corrected chi connectivity index (χ1v) is 5.92. The van der Waals surface area contributed by atoms with Crippen LogP contribution in [0.15, 0.2) is 22.9 Å². The summed E-state index contributed by atoms with van der Waals surface area (Å²) in [6, 6.07) is 4.08. The number of methoxy groups -OCH3 is 1. The van der Waals surface area contributed by atoms with Crippen LogP contribution in [0, 0.1) is 6.92 Å². The molecule has 2 heterocycles. The highest BCUT2D eigenvalue weighted by Gasteiger charge is 2.06. The Morgan fingerprint density at radius 3 is 3.11 bits per heavy atom. The number of hydrogen-bond donors (Lipinski definition) is 1. The maximum absolute atomic E-state index is 5.11. The Hall–Kier alpha value is -1.66. The van der Waals surface area contributed by atoms with E-state index in [0.29, 0.717) is 24.9 Å². The Balaban J connectivity index is 1.91. The molecule has 2 aromatic rings. The van der Waals surface area contributed by atoms with E-state index in [2.05, 4.69) is 26.1 Å². The number of nitrogens with one attached hydrogen (secondary N) is 1. The average molecular weight is 250 g/mol. The van der Waals surface area contributed by atoms with Gasteiger partial charge in [0.25, 0.3) is 0 Å². The van der Waals surface area contributed by atoms with Crippen molar-refractivity contribution >= 4 is 0 Å². The molecule has 0 radical (unpaired) electrons. The number of hydrogen-bond acceptors (Lipinski definition) is 5. The molecular weight excluding hydrogens is 232 g/mol. The van der Waals surface area contributed by atoms with Crippen molar-refractivity contribution in [2.75, 3.05) is 20.3 Å². The van der Waals surface area contributed by atoms with Crippen molar-refractivity contribution in [2.45, 2.75) is 20.0 Å². The van der Waals surface area contributed by atoms with Crippen molar-refractivity contribution in [3.8, 4) is 0 Å². The summed E-state index contributed by atoms with van der Waals surface area (Å²) in [4.78, 5) is 4.20. The standard InChI is InChI=1S/C12H18N4O2/c1-10-14-12(18-15-10)9-16-6-3-4-11(16)8-13-5-7-17-2/h3-4,6,13H,5,7-9H2,1-2H3. The maximum atomic E-state index is 5.11. The second kappa shape index (κ2) is 6.32. The first-order valence-electron chi connectivity index (χ1n) is 5.92. The van der Waals surface area contributed by atoms with Crippen molar-refractivity contribution in [2.24, 2.45) is 0 Å². The third kappa shape index (κ3) is 3.41. The van der Waals surface area contributed by atoms with Crippen LogP contribution in [-0.4, -0.2) is 35.0 Å². The first kappa shape index (κ1) is 12.8. The summed E-state index contributed by atoms with van der Waals surface area (Å²) >= 11 is 0. The van der Waals surface area contributed by atoms with Gasteiger partial charge in [0.05, 0.1) is 6.61 Å². The summed E-state index contributed by atoms with van der Waals surface area (Å²) in [6.45, 7) is 4.76. The molecule has 0 bridgehead atoms. The third-order valence-corrected chi connectivity index (χ3v) is 2.59. The predicted molar refractivity (Wildman–Crippen MR) is 66.2 cm³/mol. The lowest BCUT2D eigenvalue weighted by Gasteiger charge is -2.07. The number of nitrogens with zero attached hydrogens (tertiary/aromatic N) is 3. The second-order valence-corrected chi connectivity index (χ2v) is 4.03. The van der Waals surface area contributed by atoms with Gasteiger partial charge in [0, 0.05) is 32.1 Å². The molecule has 2 aromatic heterocycles. The zero-order valence-electron chi connectivity index (χ0n) is 10.7. The molecule has 0 aliphatic heterocycles. The summed E-state index contributed by atoms with van der Waals surface area (Å²) in [5.74, 6) is 1.29. The Labute approximate surface area is 106 Å². The van der Waals surface area contributed by atoms with Gasteiger partial charge in [0.15, 0.2) is 5.82 Å². The van der Waals surface area contributed by atoms with Crippen LogP contribution in [0.2, 0.25) is 0 Å². The SMILES string of the molecule is COCCNCc1cccn1Cc1nc(C)no1. The van der Waals surface area contributed by atoms with E-state index in [9.17, 15) is 0 Å². The van der Waals surface area contributed by atoms with E-state index < -0.39 is 0 Å². The van der Waals surface area contributed by atoms with E-state index in [1.165, 1.54) is 5.69 Å². The van der Waals surface area contributed by atoms with Crippen molar-refractivity contribution in [1.29, 1.82) is 0 Å². The highest BCUT2D eigenvalue weighted by Crippen LogP contribution is 2.06. The molecular formula is C12H18N4O2. The second-order valence-electron chi connectivity index (χ2n) is 4.03. The molecule has 0 saturated carbocycles. The molecule has 0 fully saturated rings. The van der Waals surface area contributed by atoms with Crippen LogP contribution in [0.3, 0.4) is 0 Å². The first-order chi connectivity index (χ1) is 8.79. The van der Waals surface area contributed by atoms with Crippen LogP contribution < -0.4 is 5.32 Å². The molecule has 98 valence electrons. The van der Waals surface area contributed by atoms with Crippen molar-refractivity contribution in [3.05, 3.63) is 35.7 Å². The van der Waals surface area contributed by atoms with E-state index in [4.69, 9.17) is 9.26 Å². The molecule has 0 unspecified atom stereocenters. The van der Waals surface area contributed by atoms with Gasteiger partial charge in [-0.3, -0.25) is 0 Å². The Kier molecular flexibility index (Phi) is 4.49. The summed E-state index contributed by atoms with van der Waals surface area (Å²) in [5, 5.41) is 7.09. The van der Waals surface area contributed by atoms with Crippen LogP contribution in [0.4, 0.5) is 0 Å². The molecule has 1 N–H and O–H groups in total. The summed E-state index contributed by atoms with van der Waals surface area (Å²) in [7, 11) is 1.70. The van der Waals surface area contributed by atoms with Gasteiger partial charge in [0.1, 0.15) is 6.54 Å². The minimum absolute atomic E-state index is 0.606. The molecule has 6 nitrogen and oxygen atoms in total. The van der Waals surface area contributed by atoms with E-state index in [1.54, 1.807) is 7.11 Å². The molecule has 0 amide bonds. The van der Waals surface area contributed by atoms with Gasteiger partial charge in [-0.2, -0.15) is 4.98 Å². The van der Waals surface area contributed by atoms with Crippen LogP contribution in [0.1, 0.15) is 17.4 Å². The number of rotatable bonds is 7. The number of ether oxygens (including phenoxy) is 1. The van der Waals surface area contributed by atoms with Gasteiger partial charge in [-0.1, -0.05) is 5.16 Å². The van der Waals surface area contributed by atoms with Gasteiger partial charge in [-0.25, -0.2) is 0 Å². The lowest BCUT2D eigenvalue weighted by Crippen LogP contribution is -2.20. The fourth-order valence-corrected chi connectivity index (χ4v) is 1.70. The lowest BCUT2D eigenvalue weighted by molar-refractivity contribution is 0.199. The summed E-state index contributed by atoms with van der Waals surface area (Å²) in [5.41, 5.74) is 1.18. The van der Waals surface area contributed by atoms with Gasteiger partial charge >= 0.3 is 0 Å². The van der Waals surface area contributed by atoms with Crippen LogP contribution in [-0.2, 0) is 17.8 Å². The Bertz CT molecular complexity index is 478. The molecule has 0 aliphatic carbocycles. The van der Waals surface area contributed by atoms with Gasteiger partial charge in [0.2, 0.25) is 5.89 Å².